The Morgan fingerprint density at radius 2 is 1.64 bits per heavy atom. The molecule has 5 nitrogen and oxygen atoms in total. The van der Waals surface area contributed by atoms with Crippen LogP contribution < -0.4 is 15.4 Å². The predicted molar refractivity (Wildman–Crippen MR) is 129 cm³/mol. The summed E-state index contributed by atoms with van der Waals surface area (Å²) in [5.74, 6) is 2.10. The van der Waals surface area contributed by atoms with E-state index in [1.54, 1.807) is 14.2 Å². The van der Waals surface area contributed by atoms with Crippen LogP contribution in [0.25, 0.3) is 0 Å². The van der Waals surface area contributed by atoms with Gasteiger partial charge in [-0.05, 0) is 43.3 Å². The number of aliphatic imine (C=N–C) groups is 1. The van der Waals surface area contributed by atoms with Crippen LogP contribution in [0.5, 0.6) is 5.75 Å². The van der Waals surface area contributed by atoms with E-state index in [1.165, 1.54) is 11.1 Å². The van der Waals surface area contributed by atoms with Crippen LogP contribution in [-0.2, 0) is 0 Å². The Morgan fingerprint density at radius 3 is 2.25 bits per heavy atom. The molecule has 6 heteroatoms. The van der Waals surface area contributed by atoms with Gasteiger partial charge in [0, 0.05) is 20.1 Å². The van der Waals surface area contributed by atoms with Crippen LogP contribution in [-0.4, -0.2) is 52.2 Å². The van der Waals surface area contributed by atoms with Crippen LogP contribution in [0.2, 0.25) is 0 Å². The summed E-state index contributed by atoms with van der Waals surface area (Å²) in [7, 11) is 7.67. The Labute approximate surface area is 186 Å². The summed E-state index contributed by atoms with van der Waals surface area (Å²) in [5, 5.41) is 6.88. The van der Waals surface area contributed by atoms with Crippen molar-refractivity contribution < 1.29 is 4.74 Å². The largest absolute Gasteiger partial charge is 0.497 e. The van der Waals surface area contributed by atoms with Gasteiger partial charge in [-0.25, -0.2) is 0 Å². The Morgan fingerprint density at radius 1 is 1.00 bits per heavy atom. The molecule has 2 unspecified atom stereocenters. The van der Waals surface area contributed by atoms with E-state index in [-0.39, 0.29) is 30.0 Å². The zero-order chi connectivity index (χ0) is 19.6. The number of rotatable bonds is 8. The zero-order valence-electron chi connectivity index (χ0n) is 17.5. The highest BCUT2D eigenvalue weighted by Gasteiger charge is 2.15. The zero-order valence-corrected chi connectivity index (χ0v) is 19.8. The molecule has 0 amide bonds. The fourth-order valence-electron chi connectivity index (χ4n) is 3.01. The van der Waals surface area contributed by atoms with Gasteiger partial charge >= 0.3 is 0 Å². The molecule has 28 heavy (non-hydrogen) atoms. The number of likely N-dealkylation sites (N-methyl/N-ethyl adjacent to an activating group) is 1. The van der Waals surface area contributed by atoms with E-state index in [9.17, 15) is 0 Å². The molecule has 0 saturated heterocycles. The summed E-state index contributed by atoms with van der Waals surface area (Å²) in [5.41, 5.74) is 2.53. The van der Waals surface area contributed by atoms with E-state index in [0.29, 0.717) is 5.92 Å². The van der Waals surface area contributed by atoms with Crippen molar-refractivity contribution in [2.45, 2.75) is 18.9 Å². The average Bonchev–Trinajstić information content (AvgIpc) is 2.70. The lowest BCUT2D eigenvalue weighted by Gasteiger charge is -2.26. The van der Waals surface area contributed by atoms with Gasteiger partial charge in [-0.3, -0.25) is 4.99 Å². The molecule has 0 fully saturated rings. The molecule has 154 valence electrons. The first-order valence-electron chi connectivity index (χ1n) is 9.35. The molecule has 2 aromatic carbocycles. The van der Waals surface area contributed by atoms with Crippen molar-refractivity contribution in [1.29, 1.82) is 0 Å². The van der Waals surface area contributed by atoms with Gasteiger partial charge in [-0.2, -0.15) is 0 Å². The topological polar surface area (TPSA) is 48.9 Å². The Kier molecular flexibility index (Phi) is 10.9. The number of guanidine groups is 1. The summed E-state index contributed by atoms with van der Waals surface area (Å²) in [6.07, 6.45) is 0. The second-order valence-electron chi connectivity index (χ2n) is 6.90. The lowest BCUT2D eigenvalue weighted by Crippen LogP contribution is -2.42. The van der Waals surface area contributed by atoms with E-state index in [2.05, 4.69) is 77.9 Å². The molecule has 0 bridgehead atoms. The number of nitrogens with one attached hydrogen (secondary N) is 2. The summed E-state index contributed by atoms with van der Waals surface area (Å²) in [6.45, 7) is 3.80. The van der Waals surface area contributed by atoms with Crippen LogP contribution in [0.1, 0.15) is 30.0 Å². The van der Waals surface area contributed by atoms with Crippen molar-refractivity contribution in [3.05, 3.63) is 65.7 Å². The molecule has 0 aliphatic carbocycles. The first-order chi connectivity index (χ1) is 13.0. The molecule has 0 spiro atoms. The van der Waals surface area contributed by atoms with Gasteiger partial charge in [0.15, 0.2) is 5.96 Å². The number of hydrogen-bond acceptors (Lipinski definition) is 3. The summed E-state index contributed by atoms with van der Waals surface area (Å²) in [6, 6.07) is 18.9. The molecule has 0 aliphatic rings. The van der Waals surface area contributed by atoms with Crippen LogP contribution in [0.4, 0.5) is 0 Å². The van der Waals surface area contributed by atoms with E-state index in [0.717, 1.165) is 24.8 Å². The smallest absolute Gasteiger partial charge is 0.191 e. The SMILES string of the molecule is CN=C(NCC(C)c1ccccc1)NCC(c1cccc(OC)c1)N(C)C.I. The molecule has 0 saturated carbocycles. The van der Waals surface area contributed by atoms with Gasteiger partial charge < -0.3 is 20.3 Å². The van der Waals surface area contributed by atoms with Crippen molar-refractivity contribution in [3.63, 3.8) is 0 Å². The van der Waals surface area contributed by atoms with E-state index in [4.69, 9.17) is 4.74 Å². The number of halogens is 1. The van der Waals surface area contributed by atoms with Crippen LogP contribution in [0.15, 0.2) is 59.6 Å². The van der Waals surface area contributed by atoms with Crippen LogP contribution in [0.3, 0.4) is 0 Å². The van der Waals surface area contributed by atoms with Gasteiger partial charge in [0.1, 0.15) is 5.75 Å². The van der Waals surface area contributed by atoms with Crippen molar-refractivity contribution in [2.75, 3.05) is 41.3 Å². The van der Waals surface area contributed by atoms with Crippen molar-refractivity contribution in [3.8, 4) is 5.75 Å². The summed E-state index contributed by atoms with van der Waals surface area (Å²) in [4.78, 5) is 6.56. The molecule has 0 heterocycles. The highest BCUT2D eigenvalue weighted by molar-refractivity contribution is 14.0. The third-order valence-corrected chi connectivity index (χ3v) is 4.73. The molecule has 2 N–H and O–H groups in total. The predicted octanol–water partition coefficient (Wildman–Crippen LogP) is 3.88. The first kappa shape index (κ1) is 24.2. The highest BCUT2D eigenvalue weighted by Crippen LogP contribution is 2.22. The second-order valence-corrected chi connectivity index (χ2v) is 6.90. The standard InChI is InChI=1S/C22H32N4O.HI/c1-17(18-10-7-6-8-11-18)15-24-22(23-2)25-16-21(26(3)4)19-12-9-13-20(14-19)27-5;/h6-14,17,21H,15-16H2,1-5H3,(H2,23,24,25);1H. The minimum absolute atomic E-state index is 0. The minimum Gasteiger partial charge on any atom is -0.497 e. The number of hydrogen-bond donors (Lipinski definition) is 2. The fraction of sp³-hybridized carbons (Fsp3) is 0.409. The van der Waals surface area contributed by atoms with Crippen molar-refractivity contribution >= 4 is 29.9 Å². The molecular formula is C22H33IN4O. The minimum atomic E-state index is 0. The number of nitrogens with zero attached hydrogens (tertiary/aromatic N) is 2. The maximum atomic E-state index is 5.36. The monoisotopic (exact) mass is 496 g/mol. The lowest BCUT2D eigenvalue weighted by molar-refractivity contribution is 0.297. The molecule has 2 rings (SSSR count). The normalized spacial score (nSPS) is 13.4. The van der Waals surface area contributed by atoms with E-state index >= 15 is 0 Å². The van der Waals surface area contributed by atoms with E-state index < -0.39 is 0 Å². The summed E-state index contributed by atoms with van der Waals surface area (Å²) >= 11 is 0. The van der Waals surface area contributed by atoms with Gasteiger partial charge in [0.2, 0.25) is 0 Å². The van der Waals surface area contributed by atoms with Gasteiger partial charge in [0.05, 0.1) is 13.2 Å². The van der Waals surface area contributed by atoms with Crippen molar-refractivity contribution in [2.24, 2.45) is 4.99 Å². The highest BCUT2D eigenvalue weighted by atomic mass is 127. The maximum absolute atomic E-state index is 5.36. The van der Waals surface area contributed by atoms with Gasteiger partial charge in [0.25, 0.3) is 0 Å². The molecule has 0 aromatic heterocycles. The number of ether oxygens (including phenoxy) is 1. The number of methoxy groups -OCH3 is 1. The number of benzene rings is 2. The Balaban J connectivity index is 0.00000392. The second kappa shape index (κ2) is 12.6. The third-order valence-electron chi connectivity index (χ3n) is 4.73. The Hall–Kier alpha value is -1.80. The molecular weight excluding hydrogens is 463 g/mol. The van der Waals surface area contributed by atoms with Crippen LogP contribution in [0, 0.1) is 0 Å². The molecule has 0 radical (unpaired) electrons. The lowest BCUT2D eigenvalue weighted by atomic mass is 10.0. The van der Waals surface area contributed by atoms with E-state index in [1.807, 2.05) is 18.2 Å². The first-order valence-corrected chi connectivity index (χ1v) is 9.35. The van der Waals surface area contributed by atoms with Gasteiger partial charge in [-0.15, -0.1) is 24.0 Å². The quantitative estimate of drug-likeness (QED) is 0.331. The fourth-order valence-corrected chi connectivity index (χ4v) is 3.01. The summed E-state index contributed by atoms with van der Waals surface area (Å²) < 4.78 is 5.36. The third kappa shape index (κ3) is 7.31. The van der Waals surface area contributed by atoms with Crippen LogP contribution >= 0.6 is 24.0 Å². The maximum Gasteiger partial charge on any atom is 0.191 e. The molecule has 2 atom stereocenters. The average molecular weight is 496 g/mol. The Bertz CT molecular complexity index is 721. The molecule has 0 aliphatic heterocycles. The van der Waals surface area contributed by atoms with Gasteiger partial charge in [-0.1, -0.05) is 49.4 Å². The molecule has 2 aromatic rings. The van der Waals surface area contributed by atoms with Crippen molar-refractivity contribution in [1.82, 2.24) is 15.5 Å².